The Hall–Kier alpha value is -0.166. The van der Waals surface area contributed by atoms with Gasteiger partial charge >= 0.3 is 18.9 Å². The van der Waals surface area contributed by atoms with E-state index in [9.17, 15) is 0 Å². The van der Waals surface area contributed by atoms with Crippen molar-refractivity contribution in [3.63, 3.8) is 0 Å². The SMILES string of the molecule is C[Si](C)(C)Oc1cc[c-]cc1.[Li+]. The second-order valence-corrected chi connectivity index (χ2v) is 7.88. The molecule has 0 atom stereocenters. The van der Waals surface area contributed by atoms with Gasteiger partial charge in [0.05, 0.1) is 0 Å². The van der Waals surface area contributed by atoms with E-state index in [1.165, 1.54) is 0 Å². The summed E-state index contributed by atoms with van der Waals surface area (Å²) < 4.78 is 5.72. The van der Waals surface area contributed by atoms with Crippen LogP contribution in [0.15, 0.2) is 24.3 Å². The van der Waals surface area contributed by atoms with Gasteiger partial charge in [0.1, 0.15) is 0 Å². The Balaban J connectivity index is 0.00000121. The van der Waals surface area contributed by atoms with Gasteiger partial charge in [-0.2, -0.15) is 18.2 Å². The standard InChI is InChI=1S/C9H13OSi.Li/c1-11(2,3)10-9-7-5-4-6-8-9;/h5-8H,1-3H3;/q-1;+1. The predicted octanol–water partition coefficient (Wildman–Crippen LogP) is -0.296. The van der Waals surface area contributed by atoms with Gasteiger partial charge in [0.15, 0.2) is 0 Å². The fourth-order valence-corrected chi connectivity index (χ4v) is 1.64. The molecule has 0 heterocycles. The minimum absolute atomic E-state index is 0. The summed E-state index contributed by atoms with van der Waals surface area (Å²) in [6, 6.07) is 10.6. The van der Waals surface area contributed by atoms with Gasteiger partial charge in [0, 0.05) is 0 Å². The molecule has 60 valence electrons. The van der Waals surface area contributed by atoms with Crippen LogP contribution in [0.25, 0.3) is 0 Å². The van der Waals surface area contributed by atoms with Crippen LogP contribution in [0.5, 0.6) is 5.75 Å². The molecule has 0 spiro atoms. The van der Waals surface area contributed by atoms with E-state index in [-0.39, 0.29) is 18.9 Å². The third-order valence-corrected chi connectivity index (χ3v) is 1.96. The Labute approximate surface area is 87.4 Å². The van der Waals surface area contributed by atoms with Crippen molar-refractivity contribution in [1.29, 1.82) is 0 Å². The van der Waals surface area contributed by atoms with Crippen molar-refractivity contribution in [2.75, 3.05) is 0 Å². The number of benzene rings is 1. The van der Waals surface area contributed by atoms with Gasteiger partial charge in [-0.1, -0.05) is 0 Å². The first-order chi connectivity index (χ1) is 5.08. The van der Waals surface area contributed by atoms with E-state index in [1.54, 1.807) is 0 Å². The molecule has 3 heteroatoms. The number of hydrogen-bond donors (Lipinski definition) is 0. The van der Waals surface area contributed by atoms with Crippen LogP contribution in [0.2, 0.25) is 19.6 Å². The van der Waals surface area contributed by atoms with Crippen LogP contribution in [0.4, 0.5) is 0 Å². The fraction of sp³-hybridized carbons (Fsp3) is 0.333. The smallest absolute Gasteiger partial charge is 0.565 e. The topological polar surface area (TPSA) is 9.23 Å². The van der Waals surface area contributed by atoms with Crippen LogP contribution >= 0.6 is 0 Å². The minimum atomic E-state index is -1.41. The van der Waals surface area contributed by atoms with Crippen LogP contribution in [0.3, 0.4) is 0 Å². The summed E-state index contributed by atoms with van der Waals surface area (Å²) in [5, 5.41) is 0. The van der Waals surface area contributed by atoms with E-state index in [0.717, 1.165) is 5.75 Å². The molecule has 1 aromatic rings. The molecule has 0 aromatic heterocycles. The van der Waals surface area contributed by atoms with Gasteiger partial charge in [0.2, 0.25) is 8.32 Å². The summed E-state index contributed by atoms with van der Waals surface area (Å²) >= 11 is 0. The van der Waals surface area contributed by atoms with Crippen molar-refractivity contribution in [1.82, 2.24) is 0 Å². The Bertz CT molecular complexity index is 218. The van der Waals surface area contributed by atoms with Crippen molar-refractivity contribution < 1.29 is 23.3 Å². The summed E-state index contributed by atoms with van der Waals surface area (Å²) in [5.74, 6) is 0.961. The molecule has 12 heavy (non-hydrogen) atoms. The quantitative estimate of drug-likeness (QED) is 0.440. The monoisotopic (exact) mass is 172 g/mol. The van der Waals surface area contributed by atoms with Crippen molar-refractivity contribution in [2.24, 2.45) is 0 Å². The Kier molecular flexibility index (Phi) is 4.70. The van der Waals surface area contributed by atoms with Crippen LogP contribution in [-0.2, 0) is 0 Å². The first-order valence-electron chi connectivity index (χ1n) is 3.73. The second kappa shape index (κ2) is 4.76. The molecule has 1 aromatic carbocycles. The number of rotatable bonds is 2. The molecule has 0 aliphatic carbocycles. The number of hydrogen-bond acceptors (Lipinski definition) is 1. The normalized spacial score (nSPS) is 10.2. The van der Waals surface area contributed by atoms with E-state index in [1.807, 2.05) is 24.3 Å². The van der Waals surface area contributed by atoms with Crippen molar-refractivity contribution >= 4 is 8.32 Å². The third-order valence-electron chi connectivity index (χ3n) is 1.11. The van der Waals surface area contributed by atoms with Crippen molar-refractivity contribution in [3.8, 4) is 5.75 Å². The Morgan fingerprint density at radius 2 is 1.67 bits per heavy atom. The average Bonchev–Trinajstić information content (AvgIpc) is 1.85. The zero-order valence-corrected chi connectivity index (χ0v) is 9.22. The van der Waals surface area contributed by atoms with Crippen LogP contribution in [-0.4, -0.2) is 8.32 Å². The minimum Gasteiger partial charge on any atom is -0.565 e. The fourth-order valence-electron chi connectivity index (χ4n) is 0.793. The van der Waals surface area contributed by atoms with Gasteiger partial charge < -0.3 is 4.43 Å². The largest absolute Gasteiger partial charge is 1.00 e. The van der Waals surface area contributed by atoms with Gasteiger partial charge in [-0.25, -0.2) is 0 Å². The maximum absolute atomic E-state index is 5.72. The molecule has 0 fully saturated rings. The van der Waals surface area contributed by atoms with E-state index in [0.29, 0.717) is 0 Å². The molecule has 0 amide bonds. The first-order valence-corrected chi connectivity index (χ1v) is 7.14. The molecule has 0 N–H and O–H groups in total. The molecule has 0 bridgehead atoms. The third kappa shape index (κ3) is 4.66. The Morgan fingerprint density at radius 1 is 1.17 bits per heavy atom. The van der Waals surface area contributed by atoms with E-state index in [4.69, 9.17) is 4.43 Å². The molecule has 0 aliphatic heterocycles. The molecular formula is C9H13LiOSi. The molecule has 1 rings (SSSR count). The summed E-state index contributed by atoms with van der Waals surface area (Å²) in [4.78, 5) is 0. The summed E-state index contributed by atoms with van der Waals surface area (Å²) in [7, 11) is -1.41. The molecule has 0 saturated heterocycles. The van der Waals surface area contributed by atoms with E-state index >= 15 is 0 Å². The summed E-state index contributed by atoms with van der Waals surface area (Å²) in [6.07, 6.45) is 0. The van der Waals surface area contributed by atoms with E-state index < -0.39 is 8.32 Å². The van der Waals surface area contributed by atoms with Crippen molar-refractivity contribution in [3.05, 3.63) is 30.3 Å². The predicted molar refractivity (Wildman–Crippen MR) is 49.3 cm³/mol. The maximum atomic E-state index is 5.72. The second-order valence-electron chi connectivity index (χ2n) is 3.45. The maximum Gasteiger partial charge on any atom is 1.00 e. The molecule has 0 saturated carbocycles. The molecule has 1 nitrogen and oxygen atoms in total. The first kappa shape index (κ1) is 11.8. The van der Waals surface area contributed by atoms with Gasteiger partial charge in [0.25, 0.3) is 0 Å². The molecule has 0 aliphatic rings. The van der Waals surface area contributed by atoms with Crippen LogP contribution in [0, 0.1) is 6.07 Å². The Morgan fingerprint density at radius 3 is 2.08 bits per heavy atom. The van der Waals surface area contributed by atoms with Crippen LogP contribution in [0.1, 0.15) is 0 Å². The summed E-state index contributed by atoms with van der Waals surface area (Å²) in [6.45, 7) is 6.51. The average molecular weight is 172 g/mol. The summed E-state index contributed by atoms with van der Waals surface area (Å²) in [5.41, 5.74) is 0. The molecule has 0 radical (unpaired) electrons. The molecule has 0 unspecified atom stereocenters. The van der Waals surface area contributed by atoms with Crippen molar-refractivity contribution in [2.45, 2.75) is 19.6 Å². The van der Waals surface area contributed by atoms with Crippen LogP contribution < -0.4 is 23.3 Å². The van der Waals surface area contributed by atoms with Gasteiger partial charge in [-0.15, -0.1) is 12.1 Å². The van der Waals surface area contributed by atoms with E-state index in [2.05, 4.69) is 25.7 Å². The van der Waals surface area contributed by atoms with Gasteiger partial charge in [-0.05, 0) is 25.4 Å². The molecular weight excluding hydrogens is 159 g/mol. The van der Waals surface area contributed by atoms with Gasteiger partial charge in [-0.3, -0.25) is 0 Å². The zero-order valence-electron chi connectivity index (χ0n) is 8.22. The zero-order chi connectivity index (χ0) is 8.32.